The number of carbonyl (C=O) groups excluding carboxylic acids is 5. The largest absolute Gasteiger partial charge is 0.510 e. The molecule has 4 rings (SSSR count). The smallest absolute Gasteiger partial charge is 0.432 e. The van der Waals surface area contributed by atoms with Gasteiger partial charge in [0.05, 0.1) is 17.1 Å². The molecule has 1 unspecified atom stereocenters. The van der Waals surface area contributed by atoms with Gasteiger partial charge in [0, 0.05) is 29.9 Å². The van der Waals surface area contributed by atoms with E-state index in [0.717, 1.165) is 35.0 Å². The topological polar surface area (TPSA) is 196 Å². The molecule has 0 bridgehead atoms. The van der Waals surface area contributed by atoms with Gasteiger partial charge in [-0.2, -0.15) is 0 Å². The summed E-state index contributed by atoms with van der Waals surface area (Å²) in [5.41, 5.74) is 10.4. The quantitative estimate of drug-likeness (QED) is 0.122. The average Bonchev–Trinajstić information content (AvgIpc) is 3.63. The summed E-state index contributed by atoms with van der Waals surface area (Å²) in [5, 5.41) is 0.852. The fourth-order valence-corrected chi connectivity index (χ4v) is 6.74. The van der Waals surface area contributed by atoms with Crippen molar-refractivity contribution in [3.63, 3.8) is 0 Å². The van der Waals surface area contributed by atoms with Gasteiger partial charge in [-0.3, -0.25) is 23.4 Å². The van der Waals surface area contributed by atoms with Crippen molar-refractivity contribution in [1.29, 1.82) is 0 Å². The van der Waals surface area contributed by atoms with Gasteiger partial charge in [0.1, 0.15) is 0 Å². The summed E-state index contributed by atoms with van der Waals surface area (Å²) in [6.07, 6.45) is 6.40. The summed E-state index contributed by atoms with van der Waals surface area (Å²) >= 11 is 1.30. The third kappa shape index (κ3) is 15.3. The van der Waals surface area contributed by atoms with E-state index in [1.807, 2.05) is 18.2 Å². The molecule has 3 amide bonds. The first kappa shape index (κ1) is 39.7. The maximum atomic E-state index is 11.6. The lowest BCUT2D eigenvalue weighted by Crippen LogP contribution is -2.36. The van der Waals surface area contributed by atoms with E-state index >= 15 is 0 Å². The Hall–Kier alpha value is -3.52. The van der Waals surface area contributed by atoms with Gasteiger partial charge in [0.15, 0.2) is 8.38 Å². The maximum Gasteiger partial charge on any atom is 0.510 e. The van der Waals surface area contributed by atoms with Crippen molar-refractivity contribution >= 4 is 60.3 Å². The molecular formula is C31H46N3O11PS. The summed E-state index contributed by atoms with van der Waals surface area (Å²) in [5.74, 6) is -0.0743. The zero-order valence-electron chi connectivity index (χ0n) is 27.3. The number of hydrogen-bond donors (Lipinski definition) is 2. The molecule has 0 aliphatic carbocycles. The number of ether oxygens (including phenoxy) is 4. The third-order valence-corrected chi connectivity index (χ3v) is 9.21. The molecule has 47 heavy (non-hydrogen) atoms. The van der Waals surface area contributed by atoms with Crippen LogP contribution < -0.4 is 11.5 Å². The number of nitrogens with two attached hydrogens (primary N) is 2. The monoisotopic (exact) mass is 699 g/mol. The van der Waals surface area contributed by atoms with E-state index in [1.54, 1.807) is 33.8 Å². The van der Waals surface area contributed by atoms with Crippen LogP contribution in [0.2, 0.25) is 0 Å². The van der Waals surface area contributed by atoms with Crippen LogP contribution in [-0.4, -0.2) is 73.8 Å². The van der Waals surface area contributed by atoms with Crippen LogP contribution in [0.1, 0.15) is 87.9 Å². The Morgan fingerprint density at radius 1 is 0.957 bits per heavy atom. The number of primary amides is 2. The van der Waals surface area contributed by atoms with Crippen molar-refractivity contribution in [1.82, 2.24) is 4.90 Å². The molecule has 16 heteroatoms. The fraction of sp³-hybridized carbons (Fsp3) is 0.581. The molecule has 0 radical (unpaired) electrons. The molecule has 14 nitrogen and oxygen atoms in total. The van der Waals surface area contributed by atoms with Crippen LogP contribution >= 0.6 is 19.7 Å². The van der Waals surface area contributed by atoms with Crippen LogP contribution in [0.5, 0.6) is 0 Å². The minimum Gasteiger partial charge on any atom is -0.432 e. The van der Waals surface area contributed by atoms with Gasteiger partial charge < -0.3 is 35.3 Å². The lowest BCUT2D eigenvalue weighted by Gasteiger charge is -2.26. The second-order valence-corrected chi connectivity index (χ2v) is 13.7. The van der Waals surface area contributed by atoms with Gasteiger partial charge in [0.2, 0.25) is 25.9 Å². The van der Waals surface area contributed by atoms with Gasteiger partial charge >= 0.3 is 12.3 Å². The number of amides is 3. The third-order valence-electron chi connectivity index (χ3n) is 6.67. The van der Waals surface area contributed by atoms with Gasteiger partial charge in [-0.1, -0.05) is 18.9 Å². The van der Waals surface area contributed by atoms with Gasteiger partial charge in [-0.05, 0) is 82.5 Å². The number of fused-ring (bicyclic) bond motifs is 2. The average molecular weight is 700 g/mol. The Labute approximate surface area is 280 Å². The predicted octanol–water partition coefficient (Wildman–Crippen LogP) is 5.93. The maximum absolute atomic E-state index is 11.6. The molecule has 2 fully saturated rings. The van der Waals surface area contributed by atoms with E-state index in [-0.39, 0.29) is 18.6 Å². The minimum absolute atomic E-state index is 0.250. The van der Waals surface area contributed by atoms with Crippen LogP contribution in [-0.2, 0) is 43.7 Å². The van der Waals surface area contributed by atoms with Gasteiger partial charge in [0.25, 0.3) is 5.91 Å². The first-order chi connectivity index (χ1) is 22.4. The number of rotatable bonds is 11. The van der Waals surface area contributed by atoms with E-state index < -0.39 is 40.2 Å². The summed E-state index contributed by atoms with van der Waals surface area (Å²) in [6.45, 7) is 6.99. The van der Waals surface area contributed by atoms with E-state index in [0.29, 0.717) is 23.0 Å². The van der Waals surface area contributed by atoms with E-state index in [9.17, 15) is 19.2 Å². The van der Waals surface area contributed by atoms with E-state index in [2.05, 4.69) is 10.6 Å². The lowest BCUT2D eigenvalue weighted by atomic mass is 10.0. The summed E-state index contributed by atoms with van der Waals surface area (Å²) in [7, 11) is -1.65. The van der Waals surface area contributed by atoms with E-state index in [4.69, 9.17) is 38.5 Å². The van der Waals surface area contributed by atoms with Gasteiger partial charge in [-0.15, -0.1) is 11.3 Å². The molecule has 4 N–H and O–H groups in total. The van der Waals surface area contributed by atoms with Crippen molar-refractivity contribution in [2.75, 3.05) is 20.1 Å². The highest BCUT2D eigenvalue weighted by atomic mass is 32.1. The van der Waals surface area contributed by atoms with Crippen molar-refractivity contribution in [3.8, 4) is 0 Å². The number of carbonyl (C=O) groups is 5. The molecular weight excluding hydrogens is 653 g/mol. The molecule has 3 heterocycles. The molecule has 2 aliphatic heterocycles. The van der Waals surface area contributed by atoms with Crippen LogP contribution in [0.25, 0.3) is 10.1 Å². The standard InChI is InChI=1S/C20H26NO9PS.C10H17NO.CH3NO/c1-12(2)29-19(23)25-10-27-31(28-11-26-20(24)30-13(3)4)9-14-5-6-16-15(7-14)8-17(32-16)18(21)22;12-10-7-3-1-2-5-9-6-4-8-11(9)10;2-1-3/h5-8,12-13H,9-11H2,1-4H3,(H2,21,22);9H,1-8H2;1H,(H2,2,3). The molecule has 0 spiro atoms. The summed E-state index contributed by atoms with van der Waals surface area (Å²) in [4.78, 5) is 57.2. The normalized spacial score (nSPS) is 15.9. The first-order valence-electron chi connectivity index (χ1n) is 15.4. The molecule has 2 saturated heterocycles. The van der Waals surface area contributed by atoms with E-state index in [1.165, 1.54) is 43.4 Å². The molecule has 2 aliphatic rings. The minimum atomic E-state index is -1.65. The molecule has 262 valence electrons. The van der Waals surface area contributed by atoms with Crippen molar-refractivity contribution in [3.05, 3.63) is 34.7 Å². The zero-order chi connectivity index (χ0) is 34.8. The molecule has 2 aromatic rings. The number of thiophene rings is 1. The highest BCUT2D eigenvalue weighted by Gasteiger charge is 2.28. The summed E-state index contributed by atoms with van der Waals surface area (Å²) < 4.78 is 31.5. The Kier molecular flexibility index (Phi) is 18.0. The molecule has 0 saturated carbocycles. The number of nitrogens with zero attached hydrogens (tertiary/aromatic N) is 1. The number of hydrogen-bond acceptors (Lipinski definition) is 12. The van der Waals surface area contributed by atoms with Crippen LogP contribution in [0.4, 0.5) is 9.59 Å². The number of benzene rings is 1. The van der Waals surface area contributed by atoms with Crippen LogP contribution in [0.15, 0.2) is 24.3 Å². The van der Waals surface area contributed by atoms with Crippen LogP contribution in [0.3, 0.4) is 0 Å². The zero-order valence-corrected chi connectivity index (χ0v) is 29.1. The Morgan fingerprint density at radius 3 is 2.13 bits per heavy atom. The first-order valence-corrected chi connectivity index (χ1v) is 17.6. The Morgan fingerprint density at radius 2 is 1.55 bits per heavy atom. The van der Waals surface area contributed by atoms with Crippen molar-refractivity contribution in [2.45, 2.75) is 97.1 Å². The highest BCUT2D eigenvalue weighted by Crippen LogP contribution is 2.43. The molecule has 1 aromatic heterocycles. The SMILES string of the molecule is CC(C)OC(=O)OCOP(Cc1ccc2sc(C(N)=O)cc2c1)OCOC(=O)OC(C)C.NC=O.O=C1CCCCCC2CCCN12. The Bertz CT molecular complexity index is 1280. The van der Waals surface area contributed by atoms with Gasteiger partial charge in [-0.25, -0.2) is 9.59 Å². The van der Waals surface area contributed by atoms with Crippen molar-refractivity contribution < 1.29 is 52.0 Å². The predicted molar refractivity (Wildman–Crippen MR) is 176 cm³/mol. The molecule has 1 aromatic carbocycles. The highest BCUT2D eigenvalue weighted by molar-refractivity contribution is 7.46. The Balaban J connectivity index is 0.000000419. The fourth-order valence-electron chi connectivity index (χ4n) is 4.75. The summed E-state index contributed by atoms with van der Waals surface area (Å²) in [6, 6.07) is 7.92. The lowest BCUT2D eigenvalue weighted by molar-refractivity contribution is -0.132. The van der Waals surface area contributed by atoms with Crippen molar-refractivity contribution in [2.24, 2.45) is 11.5 Å². The van der Waals surface area contributed by atoms with Crippen LogP contribution in [0, 0.1) is 0 Å². The molecule has 1 atom stereocenters. The second kappa shape index (κ2) is 21.4. The second-order valence-electron chi connectivity index (χ2n) is 11.1.